The second-order valence-electron chi connectivity index (χ2n) is 2.04. The average molecular weight is 176 g/mol. The van der Waals surface area contributed by atoms with Crippen LogP contribution in [-0.4, -0.2) is 6.54 Å². The zero-order chi connectivity index (χ0) is 7.40. The Hall–Kier alpha value is -0.760. The van der Waals surface area contributed by atoms with Gasteiger partial charge in [0, 0.05) is 12.2 Å². The molecule has 0 unspecified atom stereocenters. The van der Waals surface area contributed by atoms with Crippen molar-refractivity contribution in [2.24, 2.45) is 0 Å². The summed E-state index contributed by atoms with van der Waals surface area (Å²) in [6.45, 7) is 2.87. The van der Waals surface area contributed by atoms with Crippen molar-refractivity contribution in [3.05, 3.63) is 30.1 Å². The number of benzene rings is 1. The first-order valence-corrected chi connectivity index (χ1v) is 3.32. The second-order valence-corrected chi connectivity index (χ2v) is 2.04. The second kappa shape index (κ2) is 4.97. The zero-order valence-corrected chi connectivity index (χ0v) is 7.12. The average Bonchev–Trinajstić information content (AvgIpc) is 1.95. The van der Waals surface area contributed by atoms with Gasteiger partial charge in [0.15, 0.2) is 0 Å². The third-order valence-electron chi connectivity index (χ3n) is 1.23. The summed E-state index contributed by atoms with van der Waals surface area (Å²) in [5.74, 6) is -0.193. The Labute approximate surface area is 72.0 Å². The standard InChI is InChI=1S/C8H10FN.ClH/c1-2-10-8-5-3-7(9)4-6-8;/h3-6,10H,2H2,1H3;1H. The zero-order valence-electron chi connectivity index (χ0n) is 6.30. The van der Waals surface area contributed by atoms with Crippen LogP contribution in [0.1, 0.15) is 6.92 Å². The van der Waals surface area contributed by atoms with Gasteiger partial charge in [-0.3, -0.25) is 0 Å². The highest BCUT2D eigenvalue weighted by atomic mass is 35.5. The van der Waals surface area contributed by atoms with Crippen molar-refractivity contribution in [2.75, 3.05) is 11.9 Å². The van der Waals surface area contributed by atoms with Crippen molar-refractivity contribution in [1.82, 2.24) is 0 Å². The summed E-state index contributed by atoms with van der Waals surface area (Å²) in [7, 11) is 0. The van der Waals surface area contributed by atoms with Gasteiger partial charge in [0.25, 0.3) is 0 Å². The van der Waals surface area contributed by atoms with Crippen LogP contribution in [0.4, 0.5) is 10.1 Å². The van der Waals surface area contributed by atoms with Gasteiger partial charge in [0.1, 0.15) is 5.82 Å². The quantitative estimate of drug-likeness (QED) is 0.729. The molecule has 1 aromatic carbocycles. The molecule has 0 heterocycles. The fourth-order valence-electron chi connectivity index (χ4n) is 0.772. The summed E-state index contributed by atoms with van der Waals surface area (Å²) in [6, 6.07) is 6.33. The molecular weight excluding hydrogens is 165 g/mol. The molecule has 0 aromatic heterocycles. The van der Waals surface area contributed by atoms with E-state index in [4.69, 9.17) is 0 Å². The lowest BCUT2D eigenvalue weighted by molar-refractivity contribution is 0.628. The minimum Gasteiger partial charge on any atom is -0.385 e. The van der Waals surface area contributed by atoms with Crippen LogP contribution in [-0.2, 0) is 0 Å². The van der Waals surface area contributed by atoms with Crippen LogP contribution in [0.3, 0.4) is 0 Å². The van der Waals surface area contributed by atoms with E-state index in [0.29, 0.717) is 0 Å². The number of hydrogen-bond acceptors (Lipinski definition) is 1. The lowest BCUT2D eigenvalue weighted by Crippen LogP contribution is -1.95. The molecule has 1 N–H and O–H groups in total. The summed E-state index contributed by atoms with van der Waals surface area (Å²) in [5.41, 5.74) is 0.962. The monoisotopic (exact) mass is 175 g/mol. The third-order valence-corrected chi connectivity index (χ3v) is 1.23. The van der Waals surface area contributed by atoms with Gasteiger partial charge in [-0.1, -0.05) is 0 Å². The van der Waals surface area contributed by atoms with Crippen molar-refractivity contribution in [2.45, 2.75) is 6.92 Å². The number of halogens is 2. The summed E-state index contributed by atoms with van der Waals surface area (Å²) in [6.07, 6.45) is 0. The molecule has 62 valence electrons. The first-order chi connectivity index (χ1) is 4.83. The smallest absolute Gasteiger partial charge is 0.123 e. The molecule has 0 saturated carbocycles. The van der Waals surface area contributed by atoms with Crippen LogP contribution in [0, 0.1) is 5.82 Å². The van der Waals surface area contributed by atoms with E-state index in [9.17, 15) is 4.39 Å². The predicted octanol–water partition coefficient (Wildman–Crippen LogP) is 2.68. The molecule has 1 aromatic rings. The van der Waals surface area contributed by atoms with Gasteiger partial charge < -0.3 is 5.32 Å². The number of hydrogen-bond donors (Lipinski definition) is 1. The molecule has 0 aliphatic heterocycles. The fraction of sp³-hybridized carbons (Fsp3) is 0.250. The van der Waals surface area contributed by atoms with Crippen molar-refractivity contribution in [1.29, 1.82) is 0 Å². The van der Waals surface area contributed by atoms with E-state index in [0.717, 1.165) is 12.2 Å². The first kappa shape index (κ1) is 10.2. The highest BCUT2D eigenvalue weighted by Crippen LogP contribution is 2.06. The Morgan fingerprint density at radius 2 is 1.82 bits per heavy atom. The molecule has 0 saturated heterocycles. The minimum absolute atomic E-state index is 0. The summed E-state index contributed by atoms with van der Waals surface area (Å²) < 4.78 is 12.3. The van der Waals surface area contributed by atoms with Crippen molar-refractivity contribution in [3.8, 4) is 0 Å². The topological polar surface area (TPSA) is 12.0 Å². The third kappa shape index (κ3) is 3.23. The molecule has 1 rings (SSSR count). The minimum atomic E-state index is -0.193. The van der Waals surface area contributed by atoms with E-state index in [-0.39, 0.29) is 18.2 Å². The van der Waals surface area contributed by atoms with Gasteiger partial charge in [0.2, 0.25) is 0 Å². The molecular formula is C8H11ClFN. The van der Waals surface area contributed by atoms with E-state index in [1.54, 1.807) is 12.1 Å². The highest BCUT2D eigenvalue weighted by molar-refractivity contribution is 5.85. The Morgan fingerprint density at radius 1 is 1.27 bits per heavy atom. The van der Waals surface area contributed by atoms with Crippen molar-refractivity contribution < 1.29 is 4.39 Å². The predicted molar refractivity (Wildman–Crippen MR) is 47.8 cm³/mol. The van der Waals surface area contributed by atoms with Gasteiger partial charge in [0.05, 0.1) is 0 Å². The van der Waals surface area contributed by atoms with Crippen molar-refractivity contribution >= 4 is 18.1 Å². The Kier molecular flexibility index (Phi) is 4.62. The fourth-order valence-corrected chi connectivity index (χ4v) is 0.772. The molecule has 0 spiro atoms. The molecule has 3 heteroatoms. The number of anilines is 1. The van der Waals surface area contributed by atoms with Crippen LogP contribution >= 0.6 is 12.4 Å². The Bertz CT molecular complexity index is 198. The van der Waals surface area contributed by atoms with Crippen LogP contribution in [0.25, 0.3) is 0 Å². The summed E-state index contributed by atoms with van der Waals surface area (Å²) in [5, 5.41) is 3.07. The molecule has 0 bridgehead atoms. The molecule has 0 fully saturated rings. The number of rotatable bonds is 2. The summed E-state index contributed by atoms with van der Waals surface area (Å²) >= 11 is 0. The summed E-state index contributed by atoms with van der Waals surface area (Å²) in [4.78, 5) is 0. The van der Waals surface area contributed by atoms with Gasteiger partial charge in [-0.05, 0) is 31.2 Å². The molecule has 0 amide bonds. The molecule has 11 heavy (non-hydrogen) atoms. The van der Waals surface area contributed by atoms with Crippen molar-refractivity contribution in [3.63, 3.8) is 0 Å². The van der Waals surface area contributed by atoms with Crippen LogP contribution in [0.15, 0.2) is 24.3 Å². The van der Waals surface area contributed by atoms with Crippen LogP contribution in [0.5, 0.6) is 0 Å². The molecule has 0 aliphatic rings. The van der Waals surface area contributed by atoms with E-state index in [2.05, 4.69) is 5.32 Å². The Morgan fingerprint density at radius 3 is 2.27 bits per heavy atom. The first-order valence-electron chi connectivity index (χ1n) is 3.32. The van der Waals surface area contributed by atoms with Crippen LogP contribution < -0.4 is 5.32 Å². The lowest BCUT2D eigenvalue weighted by Gasteiger charge is -2.00. The van der Waals surface area contributed by atoms with E-state index in [1.807, 2.05) is 6.92 Å². The van der Waals surface area contributed by atoms with Crippen LogP contribution in [0.2, 0.25) is 0 Å². The maximum absolute atomic E-state index is 12.3. The van der Waals surface area contributed by atoms with Gasteiger partial charge in [-0.2, -0.15) is 0 Å². The normalized spacial score (nSPS) is 8.55. The van der Waals surface area contributed by atoms with Gasteiger partial charge >= 0.3 is 0 Å². The highest BCUT2D eigenvalue weighted by Gasteiger charge is 1.88. The molecule has 1 nitrogen and oxygen atoms in total. The lowest BCUT2D eigenvalue weighted by atomic mass is 10.3. The molecule has 0 atom stereocenters. The molecule has 0 radical (unpaired) electrons. The Balaban J connectivity index is 0.000001000. The van der Waals surface area contributed by atoms with Gasteiger partial charge in [-0.15, -0.1) is 12.4 Å². The van der Waals surface area contributed by atoms with E-state index < -0.39 is 0 Å². The largest absolute Gasteiger partial charge is 0.385 e. The van der Waals surface area contributed by atoms with Gasteiger partial charge in [-0.25, -0.2) is 4.39 Å². The molecule has 0 aliphatic carbocycles. The maximum atomic E-state index is 12.3. The van der Waals surface area contributed by atoms with E-state index in [1.165, 1.54) is 12.1 Å². The SMILES string of the molecule is CCNc1ccc(F)cc1.Cl. The van der Waals surface area contributed by atoms with E-state index >= 15 is 0 Å². The number of nitrogens with one attached hydrogen (secondary N) is 1. The maximum Gasteiger partial charge on any atom is 0.123 e.